The van der Waals surface area contributed by atoms with Crippen molar-refractivity contribution in [2.45, 2.75) is 82.1 Å². The van der Waals surface area contributed by atoms with Crippen LogP contribution in [0.3, 0.4) is 0 Å². The molecular weight excluding hydrogens is 844 g/mol. The molecule has 0 aromatic rings. The third-order valence-corrected chi connectivity index (χ3v) is 4.96. The van der Waals surface area contributed by atoms with E-state index in [1.165, 1.54) is 55.4 Å². The van der Waals surface area contributed by atoms with Crippen LogP contribution in [-0.2, 0) is 104 Å². The molecule has 0 saturated heterocycles. The molecule has 0 aromatic heterocycles. The molecule has 0 rings (SSSR count). The smallest absolute Gasteiger partial charge is 2.00 e. The molecule has 0 spiro atoms. The summed E-state index contributed by atoms with van der Waals surface area (Å²) in [6.45, 7) is 11.0. The summed E-state index contributed by atoms with van der Waals surface area (Å²) in [6, 6.07) is 0. The number of allylic oxidation sites excluding steroid dienone is 8. The number of rotatable bonds is 12. The Hall–Kier alpha value is -1.14. The molecule has 0 aliphatic heterocycles. The van der Waals surface area contributed by atoms with Gasteiger partial charge in [0, 0.05) is 37.1 Å². The maximum atomic E-state index is 10.2. The van der Waals surface area contributed by atoms with Crippen LogP contribution in [0.1, 0.15) is 82.1 Å². The summed E-state index contributed by atoms with van der Waals surface area (Å²) in [5.74, 6) is -1.50. The van der Waals surface area contributed by atoms with Gasteiger partial charge in [0.25, 0.3) is 0 Å². The monoisotopic (exact) mass is 894 g/mol. The second-order valence-corrected chi connectivity index (χ2v) is 10.0. The molecule has 16 nitrogen and oxygen atoms in total. The van der Waals surface area contributed by atoms with Gasteiger partial charge < -0.3 is 62.0 Å². The molecule has 20 heteroatoms. The minimum atomic E-state index is -1.00. The molecular formula is C32H50O16V4-6. The van der Waals surface area contributed by atoms with Gasteiger partial charge in [-0.1, -0.05) is 65.2 Å². The van der Waals surface area contributed by atoms with Gasteiger partial charge in [0.1, 0.15) is 0 Å². The second-order valence-electron chi connectivity index (χ2n) is 10.0. The molecule has 0 amide bonds. The van der Waals surface area contributed by atoms with E-state index < -0.39 is 50.5 Å². The van der Waals surface area contributed by atoms with E-state index in [1.54, 1.807) is 13.8 Å². The molecule has 0 N–H and O–H groups in total. The Bertz CT molecular complexity index is 779. The van der Waals surface area contributed by atoms with Crippen molar-refractivity contribution in [2.24, 2.45) is 10.8 Å². The first-order chi connectivity index (χ1) is 21.0. The third kappa shape index (κ3) is 74.1. The molecule has 300 valence electrons. The van der Waals surface area contributed by atoms with E-state index >= 15 is 0 Å². The quantitative estimate of drug-likeness (QED) is 0.130. The Labute approximate surface area is 356 Å². The number of carbonyl (C=O) groups excluding carboxylic acids is 4. The van der Waals surface area contributed by atoms with Gasteiger partial charge >= 0.3 is 37.1 Å². The maximum absolute atomic E-state index is 10.2. The van der Waals surface area contributed by atoms with Crippen molar-refractivity contribution in [3.63, 3.8) is 0 Å². The minimum absolute atomic E-state index is 0. The predicted molar refractivity (Wildman–Crippen MR) is 154 cm³/mol. The SMILES string of the molecule is CC(=O)/C=C(/C)[O-].CC(=O)/C=C(/C)[O-].CC(=O)/C=C(/C)[O-].CC(=O)/C=C(/C)[O-].CCC(C[O-])(C[O-])C[O-].CCC(C[O-])(C[O-])C[O-].[O-2].[O-2].[V+4].[V+4].[V].[V]. The van der Waals surface area contributed by atoms with Crippen molar-refractivity contribution >= 4 is 23.1 Å². The van der Waals surface area contributed by atoms with Crippen LogP contribution in [0.2, 0.25) is 0 Å². The summed E-state index contributed by atoms with van der Waals surface area (Å²) < 4.78 is 0. The Balaban J connectivity index is -0.0000000362. The first kappa shape index (κ1) is 83.7. The van der Waals surface area contributed by atoms with Gasteiger partial charge in [0.15, 0.2) is 23.1 Å². The molecule has 0 aliphatic rings. The van der Waals surface area contributed by atoms with E-state index in [1.807, 2.05) is 0 Å². The zero-order valence-corrected chi connectivity index (χ0v) is 36.9. The van der Waals surface area contributed by atoms with Crippen molar-refractivity contribution < 1.29 is 155 Å². The standard InChI is InChI=1S/2C6H11O3.4C5H8O2.2O.4V/c2*1-2-6(3-7,4-8)5-9;4*1-4(6)3-5(2)7;;;;;;/h2*2-5H2,1H3;4*3,6H,1-2H3;;;;;;/q2*-3;;;;;2*-2;;;2*+4/p-4/b;;4*4-3-;;;;;;. The van der Waals surface area contributed by atoms with Crippen LogP contribution >= 0.6 is 0 Å². The Kier molecular flexibility index (Phi) is 87.3. The summed E-state index contributed by atoms with van der Waals surface area (Å²) in [4.78, 5) is 39.9. The van der Waals surface area contributed by atoms with E-state index in [4.69, 9.17) is 0 Å². The first-order valence-corrected chi connectivity index (χ1v) is 13.9. The Morgan fingerprint density at radius 2 is 0.519 bits per heavy atom. The van der Waals surface area contributed by atoms with Gasteiger partial charge in [0.05, 0.1) is 0 Å². The fourth-order valence-electron chi connectivity index (χ4n) is 2.01. The molecule has 0 unspecified atom stereocenters. The van der Waals surface area contributed by atoms with Gasteiger partial charge in [0.2, 0.25) is 0 Å². The van der Waals surface area contributed by atoms with Gasteiger partial charge in [-0.3, -0.25) is 19.2 Å². The van der Waals surface area contributed by atoms with Crippen molar-refractivity contribution in [2.75, 3.05) is 39.6 Å². The van der Waals surface area contributed by atoms with E-state index in [9.17, 15) is 70.2 Å². The number of carbonyl (C=O) groups is 4. The van der Waals surface area contributed by atoms with Crippen molar-refractivity contribution in [3.05, 3.63) is 47.3 Å². The van der Waals surface area contributed by atoms with Gasteiger partial charge in [-0.25, -0.2) is 0 Å². The van der Waals surface area contributed by atoms with Crippen LogP contribution < -0.4 is 51.1 Å². The zero-order chi connectivity index (χ0) is 38.1. The van der Waals surface area contributed by atoms with Gasteiger partial charge in [-0.2, -0.15) is 0 Å². The fraction of sp³-hybridized carbons (Fsp3) is 0.625. The summed E-state index contributed by atoms with van der Waals surface area (Å²) in [5, 5.41) is 101. The van der Waals surface area contributed by atoms with E-state index in [0.29, 0.717) is 12.8 Å². The molecule has 0 saturated carbocycles. The van der Waals surface area contributed by atoms with E-state index in [-0.39, 0.29) is 131 Å². The molecule has 0 heterocycles. The average molecular weight is 895 g/mol. The van der Waals surface area contributed by atoms with Gasteiger partial charge in [-0.15, -0.1) is 62.7 Å². The van der Waals surface area contributed by atoms with Crippen LogP contribution in [-0.4, -0.2) is 62.8 Å². The topological polar surface area (TPSA) is 356 Å². The summed E-state index contributed by atoms with van der Waals surface area (Å²) in [5.41, 5.74) is -2.00. The maximum Gasteiger partial charge on any atom is 4.00 e. The normalized spacial score (nSPS) is 10.3. The average Bonchev–Trinajstić information content (AvgIpc) is 2.91. The van der Waals surface area contributed by atoms with Crippen molar-refractivity contribution in [3.8, 4) is 0 Å². The summed E-state index contributed by atoms with van der Waals surface area (Å²) >= 11 is 0. The summed E-state index contributed by atoms with van der Waals surface area (Å²) in [6.07, 6.45) is 5.03. The molecule has 0 aliphatic carbocycles. The third-order valence-electron chi connectivity index (χ3n) is 4.96. The van der Waals surface area contributed by atoms with Crippen LogP contribution in [0, 0.1) is 10.8 Å². The van der Waals surface area contributed by atoms with Crippen molar-refractivity contribution in [1.29, 1.82) is 0 Å². The molecule has 4 radical (unpaired) electrons. The summed E-state index contributed by atoms with van der Waals surface area (Å²) in [7, 11) is 0. The fourth-order valence-corrected chi connectivity index (χ4v) is 2.01. The van der Waals surface area contributed by atoms with Gasteiger partial charge in [-0.05, 0) is 52.0 Å². The van der Waals surface area contributed by atoms with Crippen LogP contribution in [0.15, 0.2) is 47.3 Å². The minimum Gasteiger partial charge on any atom is -2.00 e. The zero-order valence-electron chi connectivity index (χ0n) is 31.3. The van der Waals surface area contributed by atoms with Crippen LogP contribution in [0.25, 0.3) is 0 Å². The molecule has 0 fully saturated rings. The molecule has 0 atom stereocenters. The van der Waals surface area contributed by atoms with Crippen molar-refractivity contribution in [1.82, 2.24) is 0 Å². The van der Waals surface area contributed by atoms with Crippen LogP contribution in [0.4, 0.5) is 0 Å². The van der Waals surface area contributed by atoms with E-state index in [0.717, 1.165) is 24.3 Å². The van der Waals surface area contributed by atoms with Crippen LogP contribution in [0.5, 0.6) is 0 Å². The molecule has 52 heavy (non-hydrogen) atoms. The first-order valence-electron chi connectivity index (χ1n) is 13.9. The largest absolute Gasteiger partial charge is 4.00 e. The Morgan fingerprint density at radius 3 is 0.519 bits per heavy atom. The Morgan fingerprint density at radius 1 is 0.404 bits per heavy atom. The number of hydrogen-bond acceptors (Lipinski definition) is 14. The second kappa shape index (κ2) is 54.2. The van der Waals surface area contributed by atoms with E-state index in [2.05, 4.69) is 0 Å². The number of hydrogen-bond donors (Lipinski definition) is 0. The molecule has 0 aromatic carbocycles. The predicted octanol–water partition coefficient (Wildman–Crippen LogP) is -5.96. The molecule has 0 bridgehead atoms. The number of ketones is 4.